The summed E-state index contributed by atoms with van der Waals surface area (Å²) in [5.41, 5.74) is 2.16. The first-order valence-electron chi connectivity index (χ1n) is 8.84. The Morgan fingerprint density at radius 3 is 2.86 bits per heavy atom. The summed E-state index contributed by atoms with van der Waals surface area (Å²) in [5.74, 6) is 0.895. The van der Waals surface area contributed by atoms with Crippen molar-refractivity contribution in [1.82, 2.24) is 10.6 Å². The van der Waals surface area contributed by atoms with E-state index in [1.54, 1.807) is 13.2 Å². The average Bonchev–Trinajstić information content (AvgIpc) is 2.59. The number of methoxy groups -OCH3 is 1. The molecule has 0 aromatic heterocycles. The first-order chi connectivity index (χ1) is 11.7. The molecule has 2 aromatic rings. The number of piperidine rings is 1. The molecule has 0 unspecified atom stereocenters. The van der Waals surface area contributed by atoms with Crippen LogP contribution in [0.15, 0.2) is 54.5 Å². The monoisotopic (exact) mass is 300 g/mol. The minimum absolute atomic E-state index is 0.128. The van der Waals surface area contributed by atoms with Gasteiger partial charge in [0.2, 0.25) is 0 Å². The van der Waals surface area contributed by atoms with Gasteiger partial charge in [0.05, 0.1) is 9.85 Å². The lowest BCUT2D eigenvalue weighted by atomic mass is 9.92. The van der Waals surface area contributed by atoms with Crippen LogP contribution in [0.2, 0.25) is 0 Å². The van der Waals surface area contributed by atoms with Gasteiger partial charge in [0.25, 0.3) is 0 Å². The molecule has 2 atom stereocenters. The summed E-state index contributed by atoms with van der Waals surface area (Å²) in [6.45, 7) is 1.70. The Morgan fingerprint density at radius 2 is 2.05 bits per heavy atom. The van der Waals surface area contributed by atoms with Crippen molar-refractivity contribution in [2.45, 2.75) is 31.5 Å². The van der Waals surface area contributed by atoms with Crippen LogP contribution in [-0.4, -0.2) is 19.7 Å². The van der Waals surface area contributed by atoms with Crippen LogP contribution >= 0.6 is 0 Å². The van der Waals surface area contributed by atoms with Gasteiger partial charge in [-0.15, -0.1) is 0 Å². The SMILES string of the molecule is [3H]c1cc([3H])cc([C@H]2NCCC[C@H]2NCc2ccccc2OC)c1. The van der Waals surface area contributed by atoms with Crippen LogP contribution in [0.25, 0.3) is 0 Å². The fourth-order valence-corrected chi connectivity index (χ4v) is 3.09. The number of rotatable bonds is 5. The second-order valence-corrected chi connectivity index (χ2v) is 5.64. The van der Waals surface area contributed by atoms with E-state index in [9.17, 15) is 0 Å². The Morgan fingerprint density at radius 1 is 1.23 bits per heavy atom. The third-order valence-electron chi connectivity index (χ3n) is 4.23. The van der Waals surface area contributed by atoms with E-state index in [0.717, 1.165) is 42.8 Å². The van der Waals surface area contributed by atoms with Crippen LogP contribution in [0, 0.1) is 0 Å². The quantitative estimate of drug-likeness (QED) is 0.889. The lowest BCUT2D eigenvalue weighted by Crippen LogP contribution is -2.45. The Labute approximate surface area is 135 Å². The molecule has 0 saturated carbocycles. The highest BCUT2D eigenvalue weighted by Crippen LogP contribution is 2.25. The van der Waals surface area contributed by atoms with Crippen molar-refractivity contribution in [3.05, 3.63) is 65.7 Å². The minimum Gasteiger partial charge on any atom is -0.496 e. The van der Waals surface area contributed by atoms with Gasteiger partial charge in [0, 0.05) is 24.2 Å². The fourth-order valence-electron chi connectivity index (χ4n) is 3.09. The van der Waals surface area contributed by atoms with Gasteiger partial charge in [-0.3, -0.25) is 0 Å². The molecule has 0 spiro atoms. The number of nitrogens with one attached hydrogen (secondary N) is 2. The van der Waals surface area contributed by atoms with E-state index in [4.69, 9.17) is 7.48 Å². The molecule has 3 heteroatoms. The van der Waals surface area contributed by atoms with Crippen molar-refractivity contribution >= 4 is 0 Å². The highest BCUT2D eigenvalue weighted by molar-refractivity contribution is 5.33. The molecule has 1 aliphatic rings. The molecule has 3 nitrogen and oxygen atoms in total. The summed E-state index contributed by atoms with van der Waals surface area (Å²) >= 11 is 0. The second-order valence-electron chi connectivity index (χ2n) is 5.64. The molecule has 0 aliphatic carbocycles. The number of hydrogen-bond donors (Lipinski definition) is 2. The maximum atomic E-state index is 7.87. The molecule has 1 aliphatic heterocycles. The van der Waals surface area contributed by atoms with Crippen molar-refractivity contribution < 1.29 is 7.48 Å². The van der Waals surface area contributed by atoms with Crippen LogP contribution in [0.5, 0.6) is 5.75 Å². The van der Waals surface area contributed by atoms with E-state index >= 15 is 0 Å². The van der Waals surface area contributed by atoms with Gasteiger partial charge >= 0.3 is 0 Å². The Balaban J connectivity index is 1.75. The van der Waals surface area contributed by atoms with E-state index < -0.39 is 0 Å². The zero-order chi connectivity index (χ0) is 16.9. The number of ether oxygens (including phenoxy) is 1. The van der Waals surface area contributed by atoms with Crippen molar-refractivity contribution in [2.24, 2.45) is 0 Å². The fraction of sp³-hybridized carbons (Fsp3) is 0.368. The lowest BCUT2D eigenvalue weighted by molar-refractivity contribution is 0.303. The molecule has 2 N–H and O–H groups in total. The molecule has 116 valence electrons. The largest absolute Gasteiger partial charge is 0.496 e. The van der Waals surface area contributed by atoms with Crippen molar-refractivity contribution in [3.8, 4) is 5.75 Å². The van der Waals surface area contributed by atoms with Gasteiger partial charge in [-0.25, -0.2) is 0 Å². The molecule has 1 saturated heterocycles. The van der Waals surface area contributed by atoms with E-state index in [2.05, 4.69) is 16.7 Å². The number of benzene rings is 2. The zero-order valence-corrected chi connectivity index (χ0v) is 12.9. The predicted molar refractivity (Wildman–Crippen MR) is 90.0 cm³/mol. The molecule has 3 rings (SSSR count). The third-order valence-corrected chi connectivity index (χ3v) is 4.23. The van der Waals surface area contributed by atoms with E-state index in [-0.39, 0.29) is 12.1 Å². The molecular weight excluding hydrogens is 272 g/mol. The van der Waals surface area contributed by atoms with Gasteiger partial charge in [-0.1, -0.05) is 48.5 Å². The zero-order valence-electron chi connectivity index (χ0n) is 14.9. The molecule has 2 aromatic carbocycles. The highest BCUT2D eigenvalue weighted by atomic mass is 16.5. The Kier molecular flexibility index (Phi) is 4.28. The first-order valence-corrected chi connectivity index (χ1v) is 7.84. The average molecular weight is 300 g/mol. The smallest absolute Gasteiger partial charge is 0.123 e. The van der Waals surface area contributed by atoms with Gasteiger partial charge in [0.15, 0.2) is 0 Å². The van der Waals surface area contributed by atoms with Crippen LogP contribution < -0.4 is 15.4 Å². The molecular formula is C19H24N2O. The summed E-state index contributed by atoms with van der Waals surface area (Å²) in [6, 6.07) is 14.5. The maximum absolute atomic E-state index is 7.87. The molecule has 0 radical (unpaired) electrons. The van der Waals surface area contributed by atoms with Crippen LogP contribution in [-0.2, 0) is 6.54 Å². The summed E-state index contributed by atoms with van der Waals surface area (Å²) in [4.78, 5) is 0. The third kappa shape index (κ3) is 3.49. The standard InChI is InChI=1S/C19H24N2O/c1-22-18-12-6-5-10-16(18)14-21-17-11-7-13-20-19(17)15-8-3-2-4-9-15/h2-6,8-10,12,17,19-21H,7,11,13-14H2,1H3/t17-,19-/m1/s1/i3T,4T. The van der Waals surface area contributed by atoms with Crippen LogP contribution in [0.3, 0.4) is 0 Å². The van der Waals surface area contributed by atoms with Gasteiger partial charge in [-0.2, -0.15) is 0 Å². The molecule has 22 heavy (non-hydrogen) atoms. The summed E-state index contributed by atoms with van der Waals surface area (Å²) in [6.07, 6.45) is 2.19. The van der Waals surface area contributed by atoms with Gasteiger partial charge in [0.1, 0.15) is 5.75 Å². The van der Waals surface area contributed by atoms with Crippen LogP contribution in [0.4, 0.5) is 0 Å². The normalized spacial score (nSPS) is 22.8. The van der Waals surface area contributed by atoms with Gasteiger partial charge in [-0.05, 0) is 31.0 Å². The topological polar surface area (TPSA) is 33.3 Å². The van der Waals surface area contributed by atoms with E-state index in [1.165, 1.54) is 0 Å². The Bertz CT molecular complexity index is 673. The second kappa shape index (κ2) is 7.43. The summed E-state index contributed by atoms with van der Waals surface area (Å²) < 4.78 is 21.2. The minimum atomic E-state index is 0.128. The lowest BCUT2D eigenvalue weighted by Gasteiger charge is -2.34. The molecule has 0 bridgehead atoms. The van der Waals surface area contributed by atoms with Crippen molar-refractivity contribution in [1.29, 1.82) is 0 Å². The number of para-hydroxylation sites is 1. The van der Waals surface area contributed by atoms with Gasteiger partial charge < -0.3 is 15.4 Å². The maximum Gasteiger partial charge on any atom is 0.123 e. The van der Waals surface area contributed by atoms with E-state index in [0.29, 0.717) is 12.1 Å². The van der Waals surface area contributed by atoms with Crippen molar-refractivity contribution in [3.63, 3.8) is 0 Å². The van der Waals surface area contributed by atoms with Crippen molar-refractivity contribution in [2.75, 3.05) is 13.7 Å². The molecule has 0 amide bonds. The Hall–Kier alpha value is -1.84. The highest BCUT2D eigenvalue weighted by Gasteiger charge is 2.25. The molecule has 1 heterocycles. The predicted octanol–water partition coefficient (Wildman–Crippen LogP) is 3.28. The van der Waals surface area contributed by atoms with Crippen LogP contribution in [0.1, 0.15) is 32.8 Å². The van der Waals surface area contributed by atoms with E-state index in [1.807, 2.05) is 30.3 Å². The first kappa shape index (κ1) is 12.7. The summed E-state index contributed by atoms with van der Waals surface area (Å²) in [7, 11) is 1.69. The number of hydrogen-bond acceptors (Lipinski definition) is 3. The summed E-state index contributed by atoms with van der Waals surface area (Å²) in [5, 5.41) is 7.18. The molecule has 1 fully saturated rings.